The fourth-order valence-corrected chi connectivity index (χ4v) is 12.6. The van der Waals surface area contributed by atoms with Crippen molar-refractivity contribution in [3.63, 3.8) is 0 Å². The van der Waals surface area contributed by atoms with Gasteiger partial charge < -0.3 is 0 Å². The number of fused-ring (bicyclic) bond motifs is 5. The highest BCUT2D eigenvalue weighted by Gasteiger charge is 2.74. The van der Waals surface area contributed by atoms with E-state index in [0.717, 1.165) is 11.8 Å². The van der Waals surface area contributed by atoms with E-state index in [-0.39, 0.29) is 0 Å². The average molecular weight is 481 g/mol. The van der Waals surface area contributed by atoms with Crippen LogP contribution in [0.25, 0.3) is 0 Å². The quantitative estimate of drug-likeness (QED) is 0.343. The lowest BCUT2D eigenvalue weighted by molar-refractivity contribution is -0.290. The monoisotopic (exact) mass is 480 g/mol. The van der Waals surface area contributed by atoms with Crippen LogP contribution in [0.1, 0.15) is 152 Å². The van der Waals surface area contributed by atoms with Gasteiger partial charge in [0.2, 0.25) is 0 Å². The summed E-state index contributed by atoms with van der Waals surface area (Å²) in [4.78, 5) is 0. The van der Waals surface area contributed by atoms with E-state index in [9.17, 15) is 0 Å². The summed E-state index contributed by atoms with van der Waals surface area (Å²) in [6, 6.07) is 0. The van der Waals surface area contributed by atoms with Gasteiger partial charge >= 0.3 is 0 Å². The fraction of sp³-hybridized carbons (Fsp3) is 0.886. The lowest BCUT2D eigenvalue weighted by Crippen LogP contribution is -2.70. The first kappa shape index (κ1) is 27.5. The Morgan fingerprint density at radius 3 is 2.03 bits per heavy atom. The Labute approximate surface area is 220 Å². The summed E-state index contributed by atoms with van der Waals surface area (Å²) < 4.78 is 0. The van der Waals surface area contributed by atoms with Crippen LogP contribution in [0.15, 0.2) is 23.8 Å². The number of hydrogen-bond donors (Lipinski definition) is 0. The van der Waals surface area contributed by atoms with Crippen LogP contribution in [-0.2, 0) is 0 Å². The zero-order valence-corrected chi connectivity index (χ0v) is 25.3. The predicted octanol–water partition coefficient (Wildman–Crippen LogP) is 11.3. The van der Waals surface area contributed by atoms with Gasteiger partial charge in [0.25, 0.3) is 0 Å². The van der Waals surface area contributed by atoms with Gasteiger partial charge in [-0.3, -0.25) is 0 Å². The van der Waals surface area contributed by atoms with E-state index in [0.29, 0.717) is 32.5 Å². The zero-order chi connectivity index (χ0) is 25.8. The Kier molecular flexibility index (Phi) is 7.35. The van der Waals surface area contributed by atoms with E-state index in [2.05, 4.69) is 80.5 Å². The third kappa shape index (κ3) is 3.49. The topological polar surface area (TPSA) is 0 Å². The minimum absolute atomic E-state index is 0.395. The molecule has 0 saturated heterocycles. The lowest BCUT2D eigenvalue weighted by atomic mass is 9.26. The summed E-state index contributed by atoms with van der Waals surface area (Å²) >= 11 is 0. The van der Waals surface area contributed by atoms with Crippen molar-refractivity contribution in [2.75, 3.05) is 0 Å². The summed E-state index contributed by atoms with van der Waals surface area (Å²) in [5.74, 6) is 1.68. The highest BCUT2D eigenvalue weighted by Crippen LogP contribution is 2.82. The second-order valence-corrected chi connectivity index (χ2v) is 14.7. The molecule has 0 spiro atoms. The molecule has 2 unspecified atom stereocenters. The molecular formula is C35H60. The molecule has 0 nitrogen and oxygen atoms in total. The van der Waals surface area contributed by atoms with Gasteiger partial charge in [0.15, 0.2) is 0 Å². The third-order valence-electron chi connectivity index (χ3n) is 14.2. The maximum absolute atomic E-state index is 2.85. The molecule has 0 aromatic carbocycles. The Bertz CT molecular complexity index is 833. The van der Waals surface area contributed by atoms with Crippen LogP contribution in [0.4, 0.5) is 0 Å². The van der Waals surface area contributed by atoms with Gasteiger partial charge in [-0.1, -0.05) is 78.2 Å². The van der Waals surface area contributed by atoms with Crippen LogP contribution in [0, 0.1) is 44.3 Å². The van der Waals surface area contributed by atoms with Crippen molar-refractivity contribution in [1.82, 2.24) is 0 Å². The second-order valence-electron chi connectivity index (χ2n) is 14.7. The summed E-state index contributed by atoms with van der Waals surface area (Å²) in [6.07, 6.45) is 27.6. The predicted molar refractivity (Wildman–Crippen MR) is 155 cm³/mol. The maximum atomic E-state index is 2.85. The molecule has 35 heavy (non-hydrogen) atoms. The van der Waals surface area contributed by atoms with Crippen molar-refractivity contribution in [2.45, 2.75) is 152 Å². The highest BCUT2D eigenvalue weighted by atomic mass is 14.8. The maximum Gasteiger partial charge on any atom is -0.0141 e. The number of hydrogen-bond acceptors (Lipinski definition) is 0. The van der Waals surface area contributed by atoms with Crippen molar-refractivity contribution in [3.8, 4) is 0 Å². The van der Waals surface area contributed by atoms with Crippen molar-refractivity contribution in [1.29, 1.82) is 0 Å². The average Bonchev–Trinajstić information content (AvgIpc) is 3.03. The fourth-order valence-electron chi connectivity index (χ4n) is 12.6. The summed E-state index contributed by atoms with van der Waals surface area (Å²) in [7, 11) is 0. The molecule has 0 aliphatic heterocycles. The highest BCUT2D eigenvalue weighted by molar-refractivity contribution is 5.25. The Morgan fingerprint density at radius 1 is 0.771 bits per heavy atom. The molecule has 8 atom stereocenters. The molecule has 4 rings (SSSR count). The van der Waals surface area contributed by atoms with Gasteiger partial charge in [-0.15, -0.1) is 0 Å². The van der Waals surface area contributed by atoms with Gasteiger partial charge in [0.1, 0.15) is 0 Å². The Balaban J connectivity index is 1.88. The lowest BCUT2D eigenvalue weighted by Gasteiger charge is -2.78. The molecule has 4 aliphatic rings. The normalized spacial score (nSPS) is 50.8. The van der Waals surface area contributed by atoms with Gasteiger partial charge in [0.05, 0.1) is 0 Å². The van der Waals surface area contributed by atoms with E-state index in [1.807, 2.05) is 0 Å². The van der Waals surface area contributed by atoms with E-state index in [4.69, 9.17) is 0 Å². The SMILES string of the molecule is C/C=C/[C@]1(C)CC[C@@]2(CC)C(CC)(CC[C@@]3(C)C4CCCC[C@@H](/C(C)=C/C)[C@@]4(C)CC[C@]23CC)C1. The molecule has 0 aromatic rings. The van der Waals surface area contributed by atoms with Crippen molar-refractivity contribution in [2.24, 2.45) is 44.3 Å². The van der Waals surface area contributed by atoms with Crippen molar-refractivity contribution in [3.05, 3.63) is 23.8 Å². The van der Waals surface area contributed by atoms with E-state index >= 15 is 0 Å². The van der Waals surface area contributed by atoms with Gasteiger partial charge in [-0.2, -0.15) is 0 Å². The first-order chi connectivity index (χ1) is 16.5. The van der Waals surface area contributed by atoms with Gasteiger partial charge in [0, 0.05) is 0 Å². The molecule has 0 amide bonds. The van der Waals surface area contributed by atoms with Crippen LogP contribution < -0.4 is 0 Å². The first-order valence-corrected chi connectivity index (χ1v) is 15.8. The molecule has 0 bridgehead atoms. The van der Waals surface area contributed by atoms with Crippen LogP contribution in [0.3, 0.4) is 0 Å². The molecule has 4 fully saturated rings. The van der Waals surface area contributed by atoms with Crippen LogP contribution in [0.5, 0.6) is 0 Å². The van der Waals surface area contributed by atoms with Crippen molar-refractivity contribution >= 4 is 0 Å². The Hall–Kier alpha value is -0.520. The molecular weight excluding hydrogens is 420 g/mol. The molecule has 0 radical (unpaired) electrons. The first-order valence-electron chi connectivity index (χ1n) is 15.8. The second kappa shape index (κ2) is 9.34. The third-order valence-corrected chi connectivity index (χ3v) is 14.2. The number of rotatable bonds is 5. The minimum atomic E-state index is 0.395. The largest absolute Gasteiger partial charge is 0.0911 e. The molecule has 200 valence electrons. The molecule has 0 N–H and O–H groups in total. The molecule has 0 heterocycles. The standard InChI is InChI=1S/C35H60/c1-10-19-30(7)20-24-35(14-5)33(12-3,26-30)23-22-32(9)29-18-16-15-17-28(27(6)11-2)31(29,8)21-25-34(32,35)13-4/h10-11,19,28-29H,12-18,20-26H2,1-9H3/b19-10+,27-11+/t28-,29?,30+,31+,32-,33?,34-,35-/m0/s1. The zero-order valence-electron chi connectivity index (χ0n) is 25.3. The summed E-state index contributed by atoms with van der Waals surface area (Å²) in [5, 5.41) is 0. The smallest absolute Gasteiger partial charge is 0.0141 e. The van der Waals surface area contributed by atoms with Gasteiger partial charge in [-0.05, 0) is 142 Å². The van der Waals surface area contributed by atoms with E-state index in [1.54, 1.807) is 5.57 Å². The Morgan fingerprint density at radius 2 is 1.43 bits per heavy atom. The molecule has 4 saturated carbocycles. The number of allylic oxidation sites excluding steroid dienone is 4. The summed E-state index contributed by atoms with van der Waals surface area (Å²) in [5.41, 5.74) is 4.58. The molecule has 4 aliphatic carbocycles. The van der Waals surface area contributed by atoms with Gasteiger partial charge in [-0.25, -0.2) is 0 Å². The van der Waals surface area contributed by atoms with Crippen LogP contribution in [-0.4, -0.2) is 0 Å². The van der Waals surface area contributed by atoms with E-state index in [1.165, 1.54) is 89.9 Å². The molecule has 0 aromatic heterocycles. The summed E-state index contributed by atoms with van der Waals surface area (Å²) in [6.45, 7) is 23.0. The minimum Gasteiger partial charge on any atom is -0.0911 e. The van der Waals surface area contributed by atoms with E-state index < -0.39 is 0 Å². The van der Waals surface area contributed by atoms with Crippen molar-refractivity contribution < 1.29 is 0 Å². The van der Waals surface area contributed by atoms with Crippen LogP contribution in [0.2, 0.25) is 0 Å². The van der Waals surface area contributed by atoms with Crippen LogP contribution >= 0.6 is 0 Å². The molecule has 0 heteroatoms.